The van der Waals surface area contributed by atoms with Crippen molar-refractivity contribution in [2.45, 2.75) is 11.8 Å². The lowest BCUT2D eigenvalue weighted by Crippen LogP contribution is -2.15. The number of hydrogen-bond acceptors (Lipinski definition) is 5. The van der Waals surface area contributed by atoms with Crippen molar-refractivity contribution < 1.29 is 27.9 Å². The number of carboxylic acid groups (broad SMARTS) is 1. The van der Waals surface area contributed by atoms with Crippen molar-refractivity contribution in [2.75, 3.05) is 11.3 Å². The quantitative estimate of drug-likeness (QED) is 0.178. The third-order valence-corrected chi connectivity index (χ3v) is 7.26. The molecule has 3 aromatic carbocycles. The summed E-state index contributed by atoms with van der Waals surface area (Å²) in [7, 11) is -4.02. The molecule has 0 spiro atoms. The van der Waals surface area contributed by atoms with Gasteiger partial charge in [-0.15, -0.1) is 0 Å². The molecule has 8 nitrogen and oxygen atoms in total. The van der Waals surface area contributed by atoms with Crippen LogP contribution < -0.4 is 4.72 Å². The van der Waals surface area contributed by atoms with Gasteiger partial charge >= 0.3 is 11.9 Å². The first-order valence-electron chi connectivity index (χ1n) is 10.9. The number of halogens is 2. The fraction of sp³-hybridized carbons (Fsp3) is 0.0769. The average molecular weight is 559 g/mol. The molecule has 0 unspecified atom stereocenters. The lowest BCUT2D eigenvalue weighted by atomic mass is 9.99. The van der Waals surface area contributed by atoms with E-state index < -0.39 is 22.0 Å². The number of ether oxygens (including phenoxy) is 1. The van der Waals surface area contributed by atoms with E-state index in [-0.39, 0.29) is 44.6 Å². The molecule has 3 N–H and O–H groups in total. The van der Waals surface area contributed by atoms with Crippen molar-refractivity contribution in [1.82, 2.24) is 4.98 Å². The predicted molar refractivity (Wildman–Crippen MR) is 143 cm³/mol. The molecule has 0 bridgehead atoms. The number of carbonyl (C=O) groups excluding carboxylic acids is 1. The fourth-order valence-electron chi connectivity index (χ4n) is 3.79. The van der Waals surface area contributed by atoms with Crippen molar-refractivity contribution in [3.63, 3.8) is 0 Å². The molecule has 0 radical (unpaired) electrons. The Bertz CT molecular complexity index is 1650. The first-order chi connectivity index (χ1) is 17.6. The number of rotatable bonds is 8. The summed E-state index contributed by atoms with van der Waals surface area (Å²) in [5.41, 5.74) is 0.351. The molecule has 0 aliphatic rings. The molecule has 1 aromatic heterocycles. The zero-order valence-electron chi connectivity index (χ0n) is 19.3. The highest BCUT2D eigenvalue weighted by atomic mass is 35.5. The van der Waals surface area contributed by atoms with Gasteiger partial charge in [0.05, 0.1) is 27.8 Å². The standard InChI is InChI=1S/C26H20Cl2N2O6S/c1-2-36-26(33)24-19(23-20(28)12-15(27)13-22(23)29-24)14-18(25(31)32)17-10-6-7-11-21(17)30-37(34,35)16-8-4-3-5-9-16/h3-14,29-30H,2H2,1H3,(H,31,32)/b18-14-. The molecule has 0 saturated heterocycles. The maximum Gasteiger partial charge on any atom is 0.355 e. The molecular formula is C26H20Cl2N2O6S. The molecule has 0 aliphatic heterocycles. The Morgan fingerprint density at radius 2 is 1.73 bits per heavy atom. The molecule has 1 heterocycles. The van der Waals surface area contributed by atoms with Gasteiger partial charge in [-0.3, -0.25) is 4.72 Å². The highest BCUT2D eigenvalue weighted by molar-refractivity contribution is 7.92. The Hall–Kier alpha value is -3.79. The Labute approximate surface area is 222 Å². The number of esters is 1. The maximum absolute atomic E-state index is 13.0. The second-order valence-corrected chi connectivity index (χ2v) is 10.3. The molecule has 0 saturated carbocycles. The number of aromatic nitrogens is 1. The zero-order chi connectivity index (χ0) is 26.7. The van der Waals surface area contributed by atoms with Crippen molar-refractivity contribution in [1.29, 1.82) is 0 Å². The van der Waals surface area contributed by atoms with E-state index in [4.69, 9.17) is 27.9 Å². The van der Waals surface area contributed by atoms with Crippen molar-refractivity contribution >= 4 is 73.4 Å². The van der Waals surface area contributed by atoms with Gasteiger partial charge in [0.25, 0.3) is 10.0 Å². The fourth-order valence-corrected chi connectivity index (χ4v) is 5.49. The number of nitrogens with one attached hydrogen (secondary N) is 2. The van der Waals surface area contributed by atoms with Gasteiger partial charge in [0.15, 0.2) is 0 Å². The molecule has 0 fully saturated rings. The van der Waals surface area contributed by atoms with E-state index >= 15 is 0 Å². The minimum atomic E-state index is -4.02. The van der Waals surface area contributed by atoms with Gasteiger partial charge in [-0.1, -0.05) is 59.6 Å². The van der Waals surface area contributed by atoms with E-state index in [0.29, 0.717) is 15.9 Å². The van der Waals surface area contributed by atoms with E-state index in [2.05, 4.69) is 9.71 Å². The van der Waals surface area contributed by atoms with Gasteiger partial charge in [-0.2, -0.15) is 0 Å². The molecule has 190 valence electrons. The Kier molecular flexibility index (Phi) is 7.58. The molecule has 37 heavy (non-hydrogen) atoms. The summed E-state index contributed by atoms with van der Waals surface area (Å²) < 4.78 is 33.5. The average Bonchev–Trinajstić information content (AvgIpc) is 3.22. The second kappa shape index (κ2) is 10.7. The number of carboxylic acids is 1. The first kappa shape index (κ1) is 26.3. The van der Waals surface area contributed by atoms with Crippen LogP contribution in [-0.4, -0.2) is 37.1 Å². The third kappa shape index (κ3) is 5.48. The van der Waals surface area contributed by atoms with Gasteiger partial charge in [-0.25, -0.2) is 18.0 Å². The topological polar surface area (TPSA) is 126 Å². The zero-order valence-corrected chi connectivity index (χ0v) is 21.6. The maximum atomic E-state index is 13.0. The smallest absolute Gasteiger partial charge is 0.355 e. The summed E-state index contributed by atoms with van der Waals surface area (Å²) in [5.74, 6) is -2.08. The van der Waals surface area contributed by atoms with Crippen molar-refractivity contribution in [3.05, 3.63) is 93.6 Å². The summed E-state index contributed by atoms with van der Waals surface area (Å²) in [5, 5.41) is 11.0. The number of anilines is 1. The molecule has 4 aromatic rings. The lowest BCUT2D eigenvalue weighted by Gasteiger charge is -2.13. The van der Waals surface area contributed by atoms with Crippen LogP contribution in [0.4, 0.5) is 5.69 Å². The highest BCUT2D eigenvalue weighted by Gasteiger charge is 2.24. The number of fused-ring (bicyclic) bond motifs is 1. The van der Waals surface area contributed by atoms with Crippen LogP contribution in [0.2, 0.25) is 10.0 Å². The van der Waals surface area contributed by atoms with Gasteiger partial charge < -0.3 is 14.8 Å². The van der Waals surface area contributed by atoms with Crippen LogP contribution in [0, 0.1) is 0 Å². The number of hydrogen-bond donors (Lipinski definition) is 3. The predicted octanol–water partition coefficient (Wildman–Crippen LogP) is 6.08. The SMILES string of the molecule is CCOC(=O)c1[nH]c2cc(Cl)cc(Cl)c2c1/C=C(\C(=O)O)c1ccccc1NS(=O)(=O)c1ccccc1. The van der Waals surface area contributed by atoms with Crippen molar-refractivity contribution in [3.8, 4) is 0 Å². The monoisotopic (exact) mass is 558 g/mol. The number of H-pyrrole nitrogens is 1. The number of aliphatic carboxylic acids is 1. The number of carbonyl (C=O) groups is 2. The van der Waals surface area contributed by atoms with E-state index in [1.54, 1.807) is 43.3 Å². The molecule has 0 aliphatic carbocycles. The first-order valence-corrected chi connectivity index (χ1v) is 13.2. The second-order valence-electron chi connectivity index (χ2n) is 7.77. The minimum Gasteiger partial charge on any atom is -0.478 e. The van der Waals surface area contributed by atoms with Crippen LogP contribution in [0.1, 0.15) is 28.5 Å². The lowest BCUT2D eigenvalue weighted by molar-refractivity contribution is -0.130. The minimum absolute atomic E-state index is 0.00976. The highest BCUT2D eigenvalue weighted by Crippen LogP contribution is 2.36. The molecule has 0 atom stereocenters. The Morgan fingerprint density at radius 1 is 1.05 bits per heavy atom. The molecule has 4 rings (SSSR count). The summed E-state index contributed by atoms with van der Waals surface area (Å²) >= 11 is 12.5. The number of para-hydroxylation sites is 1. The van der Waals surface area contributed by atoms with Gasteiger partial charge in [0.2, 0.25) is 0 Å². The van der Waals surface area contributed by atoms with Gasteiger partial charge in [0.1, 0.15) is 5.69 Å². The molecule has 0 amide bonds. The van der Waals surface area contributed by atoms with Crippen LogP contribution in [0.5, 0.6) is 0 Å². The van der Waals surface area contributed by atoms with Crippen LogP contribution in [0.25, 0.3) is 22.6 Å². The normalized spacial score (nSPS) is 11.9. The molecular weight excluding hydrogens is 539 g/mol. The van der Waals surface area contributed by atoms with E-state index in [1.807, 2.05) is 0 Å². The summed E-state index contributed by atoms with van der Waals surface area (Å²) in [6.45, 7) is 1.72. The van der Waals surface area contributed by atoms with E-state index in [0.717, 1.165) is 0 Å². The number of benzene rings is 3. The number of aromatic amines is 1. The van der Waals surface area contributed by atoms with Gasteiger partial charge in [0, 0.05) is 27.1 Å². The summed E-state index contributed by atoms with van der Waals surface area (Å²) in [6, 6.07) is 16.7. The Morgan fingerprint density at radius 3 is 2.41 bits per heavy atom. The number of sulfonamides is 1. The van der Waals surface area contributed by atoms with E-state index in [9.17, 15) is 23.1 Å². The summed E-state index contributed by atoms with van der Waals surface area (Å²) in [4.78, 5) is 28.1. The van der Waals surface area contributed by atoms with Crippen molar-refractivity contribution in [2.24, 2.45) is 0 Å². The van der Waals surface area contributed by atoms with Gasteiger partial charge in [-0.05, 0) is 43.3 Å². The summed E-state index contributed by atoms with van der Waals surface area (Å²) in [6.07, 6.45) is 1.25. The van der Waals surface area contributed by atoms with Crippen LogP contribution in [-0.2, 0) is 19.6 Å². The van der Waals surface area contributed by atoms with E-state index in [1.165, 1.54) is 36.4 Å². The molecule has 11 heteroatoms. The van der Waals surface area contributed by atoms with Crippen LogP contribution >= 0.6 is 23.2 Å². The van der Waals surface area contributed by atoms with Crippen LogP contribution in [0.3, 0.4) is 0 Å². The third-order valence-electron chi connectivity index (χ3n) is 5.37. The largest absolute Gasteiger partial charge is 0.478 e. The Balaban J connectivity index is 1.92. The van der Waals surface area contributed by atoms with Crippen LogP contribution in [0.15, 0.2) is 71.6 Å².